The molecule has 5 rings (SSSR count). The summed E-state index contributed by atoms with van der Waals surface area (Å²) in [6.45, 7) is 3.61. The van der Waals surface area contributed by atoms with Gasteiger partial charge in [-0.2, -0.15) is 0 Å². The molecule has 144 valence electrons. The average Bonchev–Trinajstić information content (AvgIpc) is 3.30. The highest BCUT2D eigenvalue weighted by Gasteiger charge is 2.64. The quantitative estimate of drug-likeness (QED) is 0.598. The third-order valence-corrected chi connectivity index (χ3v) is 7.06. The van der Waals surface area contributed by atoms with Gasteiger partial charge in [-0.25, -0.2) is 0 Å². The predicted octanol–water partition coefficient (Wildman–Crippen LogP) is 4.55. The van der Waals surface area contributed by atoms with Gasteiger partial charge in [-0.1, -0.05) is 41.9 Å². The molecule has 1 aromatic heterocycles. The van der Waals surface area contributed by atoms with Crippen molar-refractivity contribution in [3.8, 4) is 0 Å². The van der Waals surface area contributed by atoms with Crippen LogP contribution in [0.4, 0.5) is 0 Å². The number of aromatic nitrogens is 1. The molecule has 3 heterocycles. The number of likely N-dealkylation sites (N-methyl/N-ethyl adjacent to an activating group) is 1. The number of likely N-dealkylation sites (tertiary alicyclic amines) is 1. The second kappa shape index (κ2) is 6.10. The summed E-state index contributed by atoms with van der Waals surface area (Å²) in [6.07, 6.45) is 0. The number of hydrogen-bond donors (Lipinski definition) is 0. The van der Waals surface area contributed by atoms with Crippen LogP contribution >= 0.6 is 11.6 Å². The van der Waals surface area contributed by atoms with E-state index in [9.17, 15) is 4.79 Å². The van der Waals surface area contributed by atoms with Crippen LogP contribution in [-0.4, -0.2) is 36.1 Å². The van der Waals surface area contributed by atoms with E-state index in [1.807, 2.05) is 24.3 Å². The fraction of sp³-hybridized carbons (Fsp3) is 0.348. The molecule has 3 aromatic rings. The fourth-order valence-corrected chi connectivity index (χ4v) is 5.80. The van der Waals surface area contributed by atoms with Gasteiger partial charge in [0, 0.05) is 40.6 Å². The van der Waals surface area contributed by atoms with Gasteiger partial charge in [0.25, 0.3) is 0 Å². The molecule has 1 saturated heterocycles. The zero-order valence-corrected chi connectivity index (χ0v) is 17.0. The molecule has 1 fully saturated rings. The summed E-state index contributed by atoms with van der Waals surface area (Å²) in [7, 11) is 3.62. The van der Waals surface area contributed by atoms with E-state index in [0.717, 1.165) is 12.1 Å². The number of para-hydroxylation sites is 1. The van der Waals surface area contributed by atoms with Gasteiger partial charge in [0.15, 0.2) is 0 Å². The number of rotatable bonds is 2. The van der Waals surface area contributed by atoms with Crippen LogP contribution in [0, 0.1) is 12.3 Å². The maximum atomic E-state index is 13.3. The number of carbonyl (C=O) groups is 1. The van der Waals surface area contributed by atoms with Crippen LogP contribution in [0.25, 0.3) is 10.9 Å². The molecule has 0 radical (unpaired) electrons. The first-order chi connectivity index (χ1) is 13.5. The number of fused-ring (bicyclic) bond motifs is 5. The number of benzene rings is 2. The number of esters is 1. The topological polar surface area (TPSA) is 34.5 Å². The highest BCUT2D eigenvalue weighted by Crippen LogP contribution is 2.61. The van der Waals surface area contributed by atoms with E-state index in [-0.39, 0.29) is 17.9 Å². The van der Waals surface area contributed by atoms with Gasteiger partial charge >= 0.3 is 5.97 Å². The Balaban J connectivity index is 1.74. The van der Waals surface area contributed by atoms with E-state index in [1.165, 1.54) is 29.3 Å². The minimum Gasteiger partial charge on any atom is -0.468 e. The first kappa shape index (κ1) is 17.8. The molecule has 28 heavy (non-hydrogen) atoms. The Bertz CT molecular complexity index is 1090. The minimum atomic E-state index is -0.637. The minimum absolute atomic E-state index is 0.00646. The Morgan fingerprint density at radius 3 is 2.61 bits per heavy atom. The zero-order valence-electron chi connectivity index (χ0n) is 16.3. The normalized spacial score (nSPS) is 26.4. The van der Waals surface area contributed by atoms with Crippen LogP contribution in [0.3, 0.4) is 0 Å². The van der Waals surface area contributed by atoms with Gasteiger partial charge in [0.05, 0.1) is 13.2 Å². The Labute approximate surface area is 169 Å². The first-order valence-corrected chi connectivity index (χ1v) is 9.98. The van der Waals surface area contributed by atoms with Gasteiger partial charge in [-0.15, -0.1) is 0 Å². The number of ether oxygens (including phenoxy) is 1. The number of carbonyl (C=O) groups excluding carboxylic acids is 1. The lowest BCUT2D eigenvalue weighted by atomic mass is 9.70. The molecule has 2 aromatic carbocycles. The Morgan fingerprint density at radius 1 is 1.18 bits per heavy atom. The molecule has 0 spiro atoms. The molecule has 0 amide bonds. The van der Waals surface area contributed by atoms with E-state index in [0.29, 0.717) is 11.6 Å². The number of nitrogens with zero attached hydrogens (tertiary/aromatic N) is 2. The summed E-state index contributed by atoms with van der Waals surface area (Å²) < 4.78 is 7.75. The predicted molar refractivity (Wildman–Crippen MR) is 111 cm³/mol. The number of methoxy groups -OCH3 is 1. The molecular weight excluding hydrogens is 372 g/mol. The van der Waals surface area contributed by atoms with Crippen molar-refractivity contribution in [2.45, 2.75) is 25.4 Å². The third-order valence-electron chi connectivity index (χ3n) is 6.81. The van der Waals surface area contributed by atoms with Crippen molar-refractivity contribution in [2.24, 2.45) is 5.41 Å². The lowest BCUT2D eigenvalue weighted by Crippen LogP contribution is -2.40. The van der Waals surface area contributed by atoms with Crippen molar-refractivity contribution in [1.82, 2.24) is 9.47 Å². The van der Waals surface area contributed by atoms with Crippen LogP contribution < -0.4 is 0 Å². The maximum absolute atomic E-state index is 13.3. The summed E-state index contributed by atoms with van der Waals surface area (Å²) >= 11 is 6.12. The van der Waals surface area contributed by atoms with Crippen LogP contribution in [0.5, 0.6) is 0 Å². The fourth-order valence-electron chi connectivity index (χ4n) is 5.68. The molecular formula is C23H23ClN2O2. The molecule has 0 bridgehead atoms. The third kappa shape index (κ3) is 2.13. The molecule has 0 aliphatic carbocycles. The van der Waals surface area contributed by atoms with Gasteiger partial charge in [0.1, 0.15) is 5.41 Å². The van der Waals surface area contributed by atoms with Crippen LogP contribution in [-0.2, 0) is 16.1 Å². The summed E-state index contributed by atoms with van der Waals surface area (Å²) in [5.41, 5.74) is 4.19. The van der Waals surface area contributed by atoms with Crippen LogP contribution in [0.2, 0.25) is 5.02 Å². The van der Waals surface area contributed by atoms with Crippen LogP contribution in [0.15, 0.2) is 48.5 Å². The van der Waals surface area contributed by atoms with E-state index < -0.39 is 5.41 Å². The van der Waals surface area contributed by atoms with Gasteiger partial charge in [-0.3, -0.25) is 9.69 Å². The standard InChI is InChI=1S/C23H23ClN2O2/c1-14-17-6-4-5-7-19(17)26-13-23(22(27)28-3)18(12-25(2)21(23)20(14)26)15-8-10-16(24)11-9-15/h4-11,18,21H,12-13H2,1-3H3. The molecule has 0 N–H and O–H groups in total. The monoisotopic (exact) mass is 394 g/mol. The lowest BCUT2D eigenvalue weighted by molar-refractivity contribution is -0.155. The Hall–Kier alpha value is -2.30. The highest BCUT2D eigenvalue weighted by atomic mass is 35.5. The van der Waals surface area contributed by atoms with E-state index in [1.54, 1.807) is 0 Å². The average molecular weight is 395 g/mol. The molecule has 2 aliphatic heterocycles. The number of halogens is 1. The van der Waals surface area contributed by atoms with Crippen molar-refractivity contribution in [3.05, 3.63) is 70.4 Å². The first-order valence-electron chi connectivity index (χ1n) is 9.61. The van der Waals surface area contributed by atoms with E-state index in [4.69, 9.17) is 16.3 Å². The number of aryl methyl sites for hydroxylation is 1. The highest BCUT2D eigenvalue weighted by molar-refractivity contribution is 6.30. The summed E-state index contributed by atoms with van der Waals surface area (Å²) in [5.74, 6) is -0.0840. The van der Waals surface area contributed by atoms with Gasteiger partial charge in [0.2, 0.25) is 0 Å². The van der Waals surface area contributed by atoms with Crippen molar-refractivity contribution < 1.29 is 9.53 Å². The van der Waals surface area contributed by atoms with Crippen molar-refractivity contribution >= 4 is 28.5 Å². The lowest BCUT2D eigenvalue weighted by Gasteiger charge is -2.32. The van der Waals surface area contributed by atoms with Gasteiger partial charge in [-0.05, 0) is 43.3 Å². The smallest absolute Gasteiger partial charge is 0.316 e. The molecule has 5 heteroatoms. The molecule has 3 unspecified atom stereocenters. The summed E-state index contributed by atoms with van der Waals surface area (Å²) in [4.78, 5) is 15.7. The van der Waals surface area contributed by atoms with Gasteiger partial charge < -0.3 is 9.30 Å². The van der Waals surface area contributed by atoms with Crippen molar-refractivity contribution in [2.75, 3.05) is 20.7 Å². The zero-order chi connectivity index (χ0) is 19.6. The van der Waals surface area contributed by atoms with E-state index >= 15 is 0 Å². The van der Waals surface area contributed by atoms with Crippen molar-refractivity contribution in [1.29, 1.82) is 0 Å². The summed E-state index contributed by atoms with van der Waals surface area (Å²) in [5, 5.41) is 1.97. The molecule has 0 saturated carbocycles. The number of hydrogen-bond acceptors (Lipinski definition) is 3. The molecule has 3 atom stereocenters. The molecule has 4 nitrogen and oxygen atoms in total. The SMILES string of the molecule is COC(=O)C12Cn3c(c(C)c4ccccc43)C1N(C)CC2c1ccc(Cl)cc1. The summed E-state index contributed by atoms with van der Waals surface area (Å²) in [6, 6.07) is 16.4. The van der Waals surface area contributed by atoms with Crippen molar-refractivity contribution in [3.63, 3.8) is 0 Å². The largest absolute Gasteiger partial charge is 0.468 e. The Kier molecular flexibility index (Phi) is 3.87. The second-order valence-corrected chi connectivity index (χ2v) is 8.53. The van der Waals surface area contributed by atoms with E-state index in [2.05, 4.69) is 47.7 Å². The second-order valence-electron chi connectivity index (χ2n) is 8.09. The maximum Gasteiger partial charge on any atom is 0.316 e. The molecule has 2 aliphatic rings. The van der Waals surface area contributed by atoms with Crippen LogP contribution in [0.1, 0.15) is 28.8 Å². The Morgan fingerprint density at radius 2 is 1.89 bits per heavy atom.